The van der Waals surface area contributed by atoms with E-state index in [4.69, 9.17) is 4.52 Å². The van der Waals surface area contributed by atoms with E-state index < -0.39 is 0 Å². The largest absolute Gasteiger partial charge is 0.338 e. The highest BCUT2D eigenvalue weighted by Crippen LogP contribution is 2.21. The zero-order valence-corrected chi connectivity index (χ0v) is 8.99. The number of hydrogen-bond acceptors (Lipinski definition) is 3. The second-order valence-corrected chi connectivity index (χ2v) is 3.75. The van der Waals surface area contributed by atoms with Gasteiger partial charge in [-0.25, -0.2) is 0 Å². The normalized spacial score (nSPS) is 10.6. The average molecular weight is 266 g/mol. The minimum absolute atomic E-state index is 0.433. The van der Waals surface area contributed by atoms with Gasteiger partial charge in [-0.05, 0) is 20.8 Å². The van der Waals surface area contributed by atoms with E-state index in [9.17, 15) is 0 Å². The molecular formula is C7H11IN2O. The molecule has 0 aliphatic heterocycles. The maximum atomic E-state index is 5.06. The van der Waals surface area contributed by atoms with Crippen LogP contribution in [0.15, 0.2) is 10.6 Å². The van der Waals surface area contributed by atoms with E-state index in [1.54, 1.807) is 0 Å². The van der Waals surface area contributed by atoms with E-state index in [1.807, 2.05) is 16.1 Å². The first-order chi connectivity index (χ1) is 5.11. The van der Waals surface area contributed by atoms with Gasteiger partial charge in [0.2, 0.25) is 5.88 Å². The molecule has 0 spiro atoms. The summed E-state index contributed by atoms with van der Waals surface area (Å²) in [5, 5.41) is 3.80. The fourth-order valence-electron chi connectivity index (χ4n) is 0.705. The summed E-state index contributed by atoms with van der Waals surface area (Å²) in [5.74, 6) is 0.818. The lowest BCUT2D eigenvalue weighted by Crippen LogP contribution is -2.17. The summed E-state index contributed by atoms with van der Waals surface area (Å²) >= 11 is 2.21. The molecule has 0 aromatic carbocycles. The molecule has 0 radical (unpaired) electrons. The molecule has 0 atom stereocenters. The highest BCUT2D eigenvalue weighted by molar-refractivity contribution is 14.1. The molecule has 1 aromatic rings. The van der Waals surface area contributed by atoms with Crippen LogP contribution < -0.4 is 3.11 Å². The quantitative estimate of drug-likeness (QED) is 0.608. The molecule has 0 amide bonds. The summed E-state index contributed by atoms with van der Waals surface area (Å²) in [6.45, 7) is 6.12. The Morgan fingerprint density at radius 2 is 2.27 bits per heavy atom. The average Bonchev–Trinajstić information content (AvgIpc) is 2.34. The second kappa shape index (κ2) is 3.42. The molecule has 0 fully saturated rings. The topological polar surface area (TPSA) is 29.3 Å². The van der Waals surface area contributed by atoms with Crippen LogP contribution in [0.4, 0.5) is 5.88 Å². The third kappa shape index (κ3) is 2.08. The van der Waals surface area contributed by atoms with Gasteiger partial charge in [-0.1, -0.05) is 5.16 Å². The summed E-state index contributed by atoms with van der Waals surface area (Å²) in [6, 6.07) is 2.36. The monoisotopic (exact) mass is 266 g/mol. The number of halogens is 1. The SMILES string of the molecule is Cc1cc(N(I)C(C)C)on1. The van der Waals surface area contributed by atoms with Crippen molar-refractivity contribution < 1.29 is 4.52 Å². The fraction of sp³-hybridized carbons (Fsp3) is 0.571. The Kier molecular flexibility index (Phi) is 2.75. The zero-order valence-electron chi connectivity index (χ0n) is 6.84. The van der Waals surface area contributed by atoms with Crippen molar-refractivity contribution in [2.75, 3.05) is 3.11 Å². The third-order valence-corrected chi connectivity index (χ3v) is 2.87. The van der Waals surface area contributed by atoms with Crippen LogP contribution in [0.25, 0.3) is 0 Å². The molecule has 1 heterocycles. The highest BCUT2D eigenvalue weighted by atomic mass is 127. The second-order valence-electron chi connectivity index (χ2n) is 2.71. The Bertz CT molecular complexity index is 234. The lowest BCUT2D eigenvalue weighted by atomic mass is 10.4. The van der Waals surface area contributed by atoms with Gasteiger partial charge in [0.1, 0.15) is 0 Å². The molecular weight excluding hydrogens is 255 g/mol. The Morgan fingerprint density at radius 3 is 2.64 bits per heavy atom. The molecule has 0 aliphatic carbocycles. The zero-order chi connectivity index (χ0) is 8.43. The molecule has 0 unspecified atom stereocenters. The van der Waals surface area contributed by atoms with Gasteiger partial charge in [0.05, 0.1) is 28.6 Å². The third-order valence-electron chi connectivity index (χ3n) is 1.28. The minimum atomic E-state index is 0.433. The molecule has 0 saturated heterocycles. The van der Waals surface area contributed by atoms with Crippen LogP contribution in [0.3, 0.4) is 0 Å². The van der Waals surface area contributed by atoms with E-state index in [0.717, 1.165) is 11.6 Å². The molecule has 3 nitrogen and oxygen atoms in total. The van der Waals surface area contributed by atoms with E-state index in [0.29, 0.717) is 6.04 Å². The van der Waals surface area contributed by atoms with Crippen molar-refractivity contribution in [2.45, 2.75) is 26.8 Å². The van der Waals surface area contributed by atoms with Crippen LogP contribution in [0.5, 0.6) is 0 Å². The standard InChI is InChI=1S/C7H11IN2O/c1-5(2)10(8)7-4-6(3)9-11-7/h4-5H,1-3H3. The van der Waals surface area contributed by atoms with Crippen molar-refractivity contribution in [3.05, 3.63) is 11.8 Å². The molecule has 62 valence electrons. The molecule has 4 heteroatoms. The lowest BCUT2D eigenvalue weighted by Gasteiger charge is -2.15. The Balaban J connectivity index is 2.76. The van der Waals surface area contributed by atoms with Gasteiger partial charge in [0.15, 0.2) is 0 Å². The van der Waals surface area contributed by atoms with Gasteiger partial charge in [0.25, 0.3) is 0 Å². The van der Waals surface area contributed by atoms with Crippen LogP contribution in [-0.4, -0.2) is 11.2 Å². The fourth-order valence-corrected chi connectivity index (χ4v) is 0.933. The molecule has 1 rings (SSSR count). The minimum Gasteiger partial charge on any atom is -0.338 e. The van der Waals surface area contributed by atoms with Gasteiger partial charge >= 0.3 is 0 Å². The lowest BCUT2D eigenvalue weighted by molar-refractivity contribution is 0.420. The summed E-state index contributed by atoms with van der Waals surface area (Å²) in [5.41, 5.74) is 0.919. The molecule has 0 aliphatic rings. The first-order valence-corrected chi connectivity index (χ1v) is 4.46. The molecule has 0 saturated carbocycles. The highest BCUT2D eigenvalue weighted by Gasteiger charge is 2.10. The van der Waals surface area contributed by atoms with Crippen molar-refractivity contribution in [3.8, 4) is 0 Å². The molecule has 0 N–H and O–H groups in total. The van der Waals surface area contributed by atoms with E-state index >= 15 is 0 Å². The van der Waals surface area contributed by atoms with Crippen molar-refractivity contribution in [3.63, 3.8) is 0 Å². The number of rotatable bonds is 2. The number of hydrogen-bond donors (Lipinski definition) is 0. The maximum absolute atomic E-state index is 5.06. The molecule has 11 heavy (non-hydrogen) atoms. The van der Waals surface area contributed by atoms with Gasteiger partial charge in [-0.15, -0.1) is 0 Å². The molecule has 0 bridgehead atoms. The van der Waals surface area contributed by atoms with Crippen LogP contribution in [0, 0.1) is 6.92 Å². The van der Waals surface area contributed by atoms with Crippen LogP contribution in [0.1, 0.15) is 19.5 Å². The summed E-state index contributed by atoms with van der Waals surface area (Å²) in [4.78, 5) is 0. The smallest absolute Gasteiger partial charge is 0.236 e. The summed E-state index contributed by atoms with van der Waals surface area (Å²) < 4.78 is 7.07. The van der Waals surface area contributed by atoms with Crippen LogP contribution in [0.2, 0.25) is 0 Å². The van der Waals surface area contributed by atoms with Crippen LogP contribution >= 0.6 is 22.9 Å². The van der Waals surface area contributed by atoms with Gasteiger partial charge in [-0.3, -0.25) is 3.11 Å². The predicted octanol–water partition coefficient (Wildman–Crippen LogP) is 2.55. The van der Waals surface area contributed by atoms with Crippen molar-refractivity contribution >= 4 is 28.7 Å². The van der Waals surface area contributed by atoms with Crippen molar-refractivity contribution in [2.24, 2.45) is 0 Å². The predicted molar refractivity (Wildman–Crippen MR) is 52.9 cm³/mol. The first kappa shape index (κ1) is 8.83. The van der Waals surface area contributed by atoms with Crippen molar-refractivity contribution in [1.82, 2.24) is 5.16 Å². The Labute approximate surface area is 80.2 Å². The molecule has 1 aromatic heterocycles. The van der Waals surface area contributed by atoms with Crippen LogP contribution in [-0.2, 0) is 0 Å². The van der Waals surface area contributed by atoms with E-state index in [1.165, 1.54) is 0 Å². The van der Waals surface area contributed by atoms with Gasteiger partial charge < -0.3 is 4.52 Å². The summed E-state index contributed by atoms with van der Waals surface area (Å²) in [7, 11) is 0. The van der Waals surface area contributed by atoms with Crippen molar-refractivity contribution in [1.29, 1.82) is 0 Å². The number of anilines is 1. The number of aromatic nitrogens is 1. The Hall–Kier alpha value is -0.260. The summed E-state index contributed by atoms with van der Waals surface area (Å²) in [6.07, 6.45) is 0. The number of aryl methyl sites for hydroxylation is 1. The Morgan fingerprint density at radius 1 is 1.64 bits per heavy atom. The van der Waals surface area contributed by atoms with E-state index in [-0.39, 0.29) is 0 Å². The van der Waals surface area contributed by atoms with Gasteiger partial charge in [0, 0.05) is 12.1 Å². The first-order valence-electron chi connectivity index (χ1n) is 3.49. The van der Waals surface area contributed by atoms with E-state index in [2.05, 4.69) is 41.9 Å². The van der Waals surface area contributed by atoms with Gasteiger partial charge in [-0.2, -0.15) is 0 Å². The maximum Gasteiger partial charge on any atom is 0.236 e. The number of nitrogens with zero attached hydrogens (tertiary/aromatic N) is 2.